The molecule has 1 heterocycles. The van der Waals surface area contributed by atoms with Gasteiger partial charge in [0.15, 0.2) is 6.23 Å². The summed E-state index contributed by atoms with van der Waals surface area (Å²) in [4.78, 5) is 4.61. The first-order valence-corrected chi connectivity index (χ1v) is 5.05. The molecule has 0 saturated carbocycles. The minimum absolute atomic E-state index is 0.626. The van der Waals surface area contributed by atoms with Crippen molar-refractivity contribution in [2.45, 2.75) is 13.2 Å². The molecule has 0 aromatic carbocycles. The predicted octanol–water partition coefficient (Wildman–Crippen LogP) is -0.468. The van der Waals surface area contributed by atoms with Gasteiger partial charge in [0.25, 0.3) is 10.1 Å². The molecule has 0 fully saturated rings. The summed E-state index contributed by atoms with van der Waals surface area (Å²) in [6.07, 6.45) is 3.26. The largest absolute Gasteiger partial charge is 0.395 e. The first-order chi connectivity index (χ1) is 5.49. The Kier molecular flexibility index (Phi) is 2.55. The van der Waals surface area contributed by atoms with E-state index in [0.717, 1.165) is 6.26 Å². The van der Waals surface area contributed by atoms with Gasteiger partial charge in [0, 0.05) is 0 Å². The van der Waals surface area contributed by atoms with Gasteiger partial charge in [-0.25, -0.2) is 4.18 Å². The van der Waals surface area contributed by atoms with Crippen molar-refractivity contribution in [2.24, 2.45) is 0 Å². The SMILES string of the molecule is CC(OS(C)(=O)=O)N1C=CON1. The highest BCUT2D eigenvalue weighted by atomic mass is 32.2. The van der Waals surface area contributed by atoms with Gasteiger partial charge in [0.05, 0.1) is 12.5 Å². The van der Waals surface area contributed by atoms with E-state index >= 15 is 0 Å². The van der Waals surface area contributed by atoms with Crippen LogP contribution in [0.3, 0.4) is 0 Å². The maximum absolute atomic E-state index is 10.7. The average molecular weight is 194 g/mol. The van der Waals surface area contributed by atoms with Crippen molar-refractivity contribution in [1.29, 1.82) is 0 Å². The molecule has 1 N–H and O–H groups in total. The zero-order valence-electron chi connectivity index (χ0n) is 6.72. The number of nitrogens with zero attached hydrogens (tertiary/aromatic N) is 1. The lowest BCUT2D eigenvalue weighted by molar-refractivity contribution is -0.0449. The van der Waals surface area contributed by atoms with E-state index in [1.54, 1.807) is 6.92 Å². The first kappa shape index (κ1) is 9.30. The average Bonchev–Trinajstić information content (AvgIpc) is 2.32. The van der Waals surface area contributed by atoms with Gasteiger partial charge < -0.3 is 4.84 Å². The van der Waals surface area contributed by atoms with Crippen LogP contribution in [0.1, 0.15) is 6.92 Å². The fraction of sp³-hybridized carbons (Fsp3) is 0.600. The maximum atomic E-state index is 10.7. The highest BCUT2D eigenvalue weighted by Crippen LogP contribution is 2.05. The highest BCUT2D eigenvalue weighted by Gasteiger charge is 2.18. The molecule has 0 saturated heterocycles. The van der Waals surface area contributed by atoms with Crippen LogP contribution in [-0.2, 0) is 19.1 Å². The van der Waals surface area contributed by atoms with Gasteiger partial charge in [-0.1, -0.05) is 5.59 Å². The van der Waals surface area contributed by atoms with Crippen LogP contribution in [0.5, 0.6) is 0 Å². The van der Waals surface area contributed by atoms with E-state index in [1.807, 2.05) is 0 Å². The van der Waals surface area contributed by atoms with Crippen LogP contribution < -0.4 is 5.59 Å². The molecule has 0 aliphatic carbocycles. The van der Waals surface area contributed by atoms with E-state index in [4.69, 9.17) is 0 Å². The van der Waals surface area contributed by atoms with Gasteiger partial charge in [-0.2, -0.15) is 8.42 Å². The Morgan fingerprint density at radius 3 is 2.75 bits per heavy atom. The van der Waals surface area contributed by atoms with Crippen molar-refractivity contribution in [3.05, 3.63) is 12.5 Å². The van der Waals surface area contributed by atoms with E-state index in [0.29, 0.717) is 0 Å². The smallest absolute Gasteiger partial charge is 0.266 e. The Labute approximate surface area is 70.8 Å². The van der Waals surface area contributed by atoms with Crippen LogP contribution in [0.25, 0.3) is 0 Å². The third-order valence-corrected chi connectivity index (χ3v) is 1.78. The summed E-state index contributed by atoms with van der Waals surface area (Å²) in [6.45, 7) is 1.58. The first-order valence-electron chi connectivity index (χ1n) is 3.23. The van der Waals surface area contributed by atoms with E-state index < -0.39 is 16.3 Å². The second-order valence-corrected chi connectivity index (χ2v) is 3.90. The molecule has 1 unspecified atom stereocenters. The second-order valence-electron chi connectivity index (χ2n) is 2.30. The highest BCUT2D eigenvalue weighted by molar-refractivity contribution is 7.86. The van der Waals surface area contributed by atoms with E-state index in [2.05, 4.69) is 14.6 Å². The van der Waals surface area contributed by atoms with E-state index in [-0.39, 0.29) is 0 Å². The Morgan fingerprint density at radius 2 is 2.33 bits per heavy atom. The van der Waals surface area contributed by atoms with Crippen LogP contribution in [0, 0.1) is 0 Å². The fourth-order valence-corrected chi connectivity index (χ4v) is 1.31. The Hall–Kier alpha value is -0.790. The quantitative estimate of drug-likeness (QED) is 0.613. The molecule has 7 heteroatoms. The summed E-state index contributed by atoms with van der Waals surface area (Å²) in [5.41, 5.74) is 2.41. The number of hydrazine groups is 1. The van der Waals surface area contributed by atoms with Crippen molar-refractivity contribution in [3.8, 4) is 0 Å². The number of hydrogen-bond donors (Lipinski definition) is 1. The number of rotatable bonds is 3. The van der Waals surface area contributed by atoms with E-state index in [9.17, 15) is 8.42 Å². The van der Waals surface area contributed by atoms with Gasteiger partial charge in [0.2, 0.25) is 0 Å². The Bertz CT molecular complexity index is 273. The number of hydrogen-bond acceptors (Lipinski definition) is 6. The molecular weight excluding hydrogens is 184 g/mol. The summed E-state index contributed by atoms with van der Waals surface area (Å²) in [6, 6.07) is 0. The molecule has 1 aliphatic heterocycles. The lowest BCUT2D eigenvalue weighted by Gasteiger charge is -2.20. The van der Waals surface area contributed by atoms with Gasteiger partial charge in [-0.3, -0.25) is 5.01 Å². The summed E-state index contributed by atoms with van der Waals surface area (Å²) >= 11 is 0. The van der Waals surface area contributed by atoms with Crippen molar-refractivity contribution in [3.63, 3.8) is 0 Å². The molecule has 1 aliphatic rings. The molecule has 0 radical (unpaired) electrons. The summed E-state index contributed by atoms with van der Waals surface area (Å²) in [5.74, 6) is 0. The third-order valence-electron chi connectivity index (χ3n) is 1.15. The molecular formula is C5H10N2O4S. The van der Waals surface area contributed by atoms with Crippen LogP contribution in [0.4, 0.5) is 0 Å². The molecule has 0 aromatic heterocycles. The second kappa shape index (κ2) is 3.30. The molecule has 0 bridgehead atoms. The lowest BCUT2D eigenvalue weighted by Crippen LogP contribution is -2.38. The molecule has 0 amide bonds. The molecule has 0 aromatic rings. The lowest BCUT2D eigenvalue weighted by atomic mass is 10.6. The monoisotopic (exact) mass is 194 g/mol. The molecule has 6 nitrogen and oxygen atoms in total. The van der Waals surface area contributed by atoms with Crippen molar-refractivity contribution < 1.29 is 17.4 Å². The summed E-state index contributed by atoms with van der Waals surface area (Å²) in [7, 11) is -3.43. The Balaban J connectivity index is 2.48. The zero-order valence-corrected chi connectivity index (χ0v) is 7.54. The summed E-state index contributed by atoms with van der Waals surface area (Å²) < 4.78 is 25.9. The van der Waals surface area contributed by atoms with Crippen LogP contribution in [0.2, 0.25) is 0 Å². The molecule has 12 heavy (non-hydrogen) atoms. The standard InChI is InChI=1S/C5H10N2O4S/c1-5(11-12(2,8)9)7-3-4-10-6-7/h3-6H,1-2H3. The fourth-order valence-electron chi connectivity index (χ4n) is 0.712. The van der Waals surface area contributed by atoms with Gasteiger partial charge in [0.1, 0.15) is 6.26 Å². The van der Waals surface area contributed by atoms with Gasteiger partial charge in [-0.15, -0.1) is 0 Å². The van der Waals surface area contributed by atoms with Gasteiger partial charge >= 0.3 is 0 Å². The van der Waals surface area contributed by atoms with Crippen molar-refractivity contribution in [2.75, 3.05) is 6.26 Å². The van der Waals surface area contributed by atoms with Crippen LogP contribution in [-0.4, -0.2) is 25.9 Å². The normalized spacial score (nSPS) is 19.3. The minimum atomic E-state index is -3.43. The van der Waals surface area contributed by atoms with Crippen LogP contribution in [0.15, 0.2) is 12.5 Å². The number of nitrogens with one attached hydrogen (secondary N) is 1. The predicted molar refractivity (Wildman–Crippen MR) is 40.6 cm³/mol. The Morgan fingerprint density at radius 1 is 1.67 bits per heavy atom. The van der Waals surface area contributed by atoms with Crippen LogP contribution >= 0.6 is 0 Å². The van der Waals surface area contributed by atoms with E-state index in [1.165, 1.54) is 17.5 Å². The molecule has 1 atom stereocenters. The molecule has 0 spiro atoms. The van der Waals surface area contributed by atoms with Crippen molar-refractivity contribution in [1.82, 2.24) is 10.6 Å². The topological polar surface area (TPSA) is 67.9 Å². The molecule has 1 rings (SSSR count). The van der Waals surface area contributed by atoms with Crippen molar-refractivity contribution >= 4 is 10.1 Å². The maximum Gasteiger partial charge on any atom is 0.266 e. The zero-order chi connectivity index (χ0) is 9.19. The van der Waals surface area contributed by atoms with Gasteiger partial charge in [-0.05, 0) is 6.92 Å². The summed E-state index contributed by atoms with van der Waals surface area (Å²) in [5, 5.41) is 1.38. The minimum Gasteiger partial charge on any atom is -0.395 e. The molecule has 70 valence electrons. The third kappa shape index (κ3) is 2.68.